The van der Waals surface area contributed by atoms with Gasteiger partial charge < -0.3 is 0 Å². The van der Waals surface area contributed by atoms with Crippen LogP contribution >= 0.6 is 0 Å². The van der Waals surface area contributed by atoms with E-state index < -0.39 is 17.5 Å². The van der Waals surface area contributed by atoms with Gasteiger partial charge in [0.2, 0.25) is 5.78 Å². The van der Waals surface area contributed by atoms with E-state index >= 15 is 0 Å². The van der Waals surface area contributed by atoms with E-state index in [1.54, 1.807) is 0 Å². The summed E-state index contributed by atoms with van der Waals surface area (Å²) in [5, 5.41) is 0. The Kier molecular flexibility index (Phi) is 3.15. The first-order chi connectivity index (χ1) is 6.95. The molecule has 0 radical (unpaired) electrons. The van der Waals surface area contributed by atoms with Crippen molar-refractivity contribution in [2.75, 3.05) is 0 Å². The lowest BCUT2D eigenvalue weighted by Gasteiger charge is -2.05. The Morgan fingerprint density at radius 3 is 2.13 bits per heavy atom. The molecule has 0 saturated carbocycles. The van der Waals surface area contributed by atoms with Crippen LogP contribution in [0.4, 0.5) is 13.2 Å². The standard InChI is InChI=1S/C11H7F3O/c1-2-3-10(15)8-4-6-9(7-5-8)11(12,13)14/h4-7H,1H3. The van der Waals surface area contributed by atoms with Crippen LogP contribution in [0.2, 0.25) is 0 Å². The number of alkyl halides is 3. The molecule has 78 valence electrons. The highest BCUT2D eigenvalue weighted by Gasteiger charge is 2.30. The van der Waals surface area contributed by atoms with E-state index in [1.807, 2.05) is 0 Å². The average molecular weight is 212 g/mol. The summed E-state index contributed by atoms with van der Waals surface area (Å²) in [6, 6.07) is 3.97. The summed E-state index contributed by atoms with van der Waals surface area (Å²) in [6.07, 6.45) is -4.38. The Balaban J connectivity index is 2.99. The van der Waals surface area contributed by atoms with Gasteiger partial charge in [0.1, 0.15) is 0 Å². The predicted molar refractivity (Wildman–Crippen MR) is 49.2 cm³/mol. The first kappa shape index (κ1) is 11.3. The molecule has 0 atom stereocenters. The molecule has 4 heteroatoms. The van der Waals surface area contributed by atoms with Gasteiger partial charge in [-0.1, -0.05) is 5.92 Å². The third-order valence-electron chi connectivity index (χ3n) is 1.71. The van der Waals surface area contributed by atoms with Gasteiger partial charge in [-0.15, -0.1) is 0 Å². The van der Waals surface area contributed by atoms with Crippen molar-refractivity contribution in [1.29, 1.82) is 0 Å². The molecule has 1 aromatic carbocycles. The number of hydrogen-bond acceptors (Lipinski definition) is 1. The zero-order chi connectivity index (χ0) is 11.5. The lowest BCUT2D eigenvalue weighted by atomic mass is 10.1. The molecule has 0 amide bonds. The summed E-state index contributed by atoms with van der Waals surface area (Å²) in [7, 11) is 0. The smallest absolute Gasteiger partial charge is 0.279 e. The number of carbonyl (C=O) groups is 1. The number of hydrogen-bond donors (Lipinski definition) is 0. The molecule has 0 aliphatic heterocycles. The summed E-state index contributed by atoms with van der Waals surface area (Å²) >= 11 is 0. The number of carbonyl (C=O) groups excluding carboxylic acids is 1. The molecule has 0 aliphatic rings. The van der Waals surface area contributed by atoms with Crippen molar-refractivity contribution in [3.8, 4) is 11.8 Å². The zero-order valence-electron chi connectivity index (χ0n) is 7.85. The van der Waals surface area contributed by atoms with Crippen LogP contribution in [-0.2, 0) is 6.18 Å². The Morgan fingerprint density at radius 2 is 1.73 bits per heavy atom. The molecule has 1 rings (SSSR count). The molecule has 0 spiro atoms. The first-order valence-electron chi connectivity index (χ1n) is 4.09. The van der Waals surface area contributed by atoms with E-state index in [9.17, 15) is 18.0 Å². The van der Waals surface area contributed by atoms with Crippen LogP contribution in [-0.4, -0.2) is 5.78 Å². The largest absolute Gasteiger partial charge is 0.416 e. The molecule has 15 heavy (non-hydrogen) atoms. The summed E-state index contributed by atoms with van der Waals surface area (Å²) < 4.78 is 36.5. The van der Waals surface area contributed by atoms with Crippen LogP contribution in [0.1, 0.15) is 22.8 Å². The maximum Gasteiger partial charge on any atom is 0.416 e. The monoisotopic (exact) mass is 212 g/mol. The second kappa shape index (κ2) is 4.18. The molecular weight excluding hydrogens is 205 g/mol. The topological polar surface area (TPSA) is 17.1 Å². The highest BCUT2D eigenvalue weighted by atomic mass is 19.4. The maximum absolute atomic E-state index is 12.2. The minimum atomic E-state index is -4.38. The molecule has 0 aromatic heterocycles. The average Bonchev–Trinajstić information content (AvgIpc) is 2.17. The van der Waals surface area contributed by atoms with Crippen molar-refractivity contribution in [3.05, 3.63) is 35.4 Å². The molecule has 0 heterocycles. The number of ketones is 1. The van der Waals surface area contributed by atoms with Gasteiger partial charge in [0, 0.05) is 5.56 Å². The third kappa shape index (κ3) is 2.84. The van der Waals surface area contributed by atoms with Crippen LogP contribution in [0.25, 0.3) is 0 Å². The summed E-state index contributed by atoms with van der Waals surface area (Å²) in [6.45, 7) is 1.49. The van der Waals surface area contributed by atoms with Crippen molar-refractivity contribution in [2.24, 2.45) is 0 Å². The van der Waals surface area contributed by atoms with Gasteiger partial charge in [-0.25, -0.2) is 0 Å². The third-order valence-corrected chi connectivity index (χ3v) is 1.71. The van der Waals surface area contributed by atoms with Crippen LogP contribution < -0.4 is 0 Å². The van der Waals surface area contributed by atoms with Crippen molar-refractivity contribution >= 4 is 5.78 Å². The van der Waals surface area contributed by atoms with Crippen molar-refractivity contribution < 1.29 is 18.0 Å². The van der Waals surface area contributed by atoms with Gasteiger partial charge >= 0.3 is 6.18 Å². The van der Waals surface area contributed by atoms with E-state index in [0.717, 1.165) is 24.3 Å². The lowest BCUT2D eigenvalue weighted by Crippen LogP contribution is -2.05. The lowest BCUT2D eigenvalue weighted by molar-refractivity contribution is -0.137. The summed E-state index contributed by atoms with van der Waals surface area (Å²) in [4.78, 5) is 11.2. The van der Waals surface area contributed by atoms with Crippen LogP contribution in [0.5, 0.6) is 0 Å². The highest BCUT2D eigenvalue weighted by molar-refractivity contribution is 6.08. The number of rotatable bonds is 1. The fourth-order valence-electron chi connectivity index (χ4n) is 0.996. The van der Waals surface area contributed by atoms with Gasteiger partial charge in [0.25, 0.3) is 0 Å². The molecule has 0 N–H and O–H groups in total. The highest BCUT2D eigenvalue weighted by Crippen LogP contribution is 2.29. The van der Waals surface area contributed by atoms with Gasteiger partial charge in [-0.05, 0) is 37.1 Å². The van der Waals surface area contributed by atoms with E-state index in [2.05, 4.69) is 11.8 Å². The molecule has 1 nitrogen and oxygen atoms in total. The predicted octanol–water partition coefficient (Wildman–Crippen LogP) is 2.91. The van der Waals surface area contributed by atoms with Gasteiger partial charge in [0.05, 0.1) is 5.56 Å². The minimum absolute atomic E-state index is 0.164. The molecule has 0 saturated heterocycles. The van der Waals surface area contributed by atoms with Crippen LogP contribution in [0, 0.1) is 11.8 Å². The van der Waals surface area contributed by atoms with Crippen molar-refractivity contribution in [2.45, 2.75) is 13.1 Å². The summed E-state index contributed by atoms with van der Waals surface area (Å²) in [5.41, 5.74) is -0.610. The SMILES string of the molecule is CC#CC(=O)c1ccc(C(F)(F)F)cc1. The van der Waals surface area contributed by atoms with Gasteiger partial charge in [-0.3, -0.25) is 4.79 Å². The number of Topliss-reactive ketones (excluding diaryl/α,β-unsaturated/α-hetero) is 1. The quantitative estimate of drug-likeness (QED) is 0.397. The fourth-order valence-corrected chi connectivity index (χ4v) is 0.996. The second-order valence-electron chi connectivity index (χ2n) is 2.78. The molecule has 1 aromatic rings. The molecule has 0 bridgehead atoms. The minimum Gasteiger partial charge on any atom is -0.279 e. The Labute approximate surface area is 84.9 Å². The van der Waals surface area contributed by atoms with Gasteiger partial charge in [-0.2, -0.15) is 13.2 Å². The number of benzene rings is 1. The maximum atomic E-state index is 12.2. The van der Waals surface area contributed by atoms with E-state index in [0.29, 0.717) is 0 Å². The van der Waals surface area contributed by atoms with E-state index in [-0.39, 0.29) is 5.56 Å². The van der Waals surface area contributed by atoms with E-state index in [1.165, 1.54) is 6.92 Å². The first-order valence-corrected chi connectivity index (χ1v) is 4.09. The number of halogens is 3. The fraction of sp³-hybridized carbons (Fsp3) is 0.182. The van der Waals surface area contributed by atoms with Gasteiger partial charge in [0.15, 0.2) is 0 Å². The normalized spacial score (nSPS) is 10.4. The van der Waals surface area contributed by atoms with E-state index in [4.69, 9.17) is 0 Å². The molecule has 0 aliphatic carbocycles. The summed E-state index contributed by atoms with van der Waals surface area (Å²) in [5.74, 6) is 4.16. The van der Waals surface area contributed by atoms with Crippen molar-refractivity contribution in [3.63, 3.8) is 0 Å². The Bertz CT molecular complexity index is 418. The van der Waals surface area contributed by atoms with Crippen LogP contribution in [0.15, 0.2) is 24.3 Å². The van der Waals surface area contributed by atoms with Crippen molar-refractivity contribution in [1.82, 2.24) is 0 Å². The molecule has 0 unspecified atom stereocenters. The molecule has 0 fully saturated rings. The zero-order valence-corrected chi connectivity index (χ0v) is 7.85. The van der Waals surface area contributed by atoms with Crippen LogP contribution in [0.3, 0.4) is 0 Å². The Hall–Kier alpha value is -1.76. The Morgan fingerprint density at radius 1 is 1.20 bits per heavy atom. The molecular formula is C11H7F3O. The second-order valence-corrected chi connectivity index (χ2v) is 2.78.